The molecule has 8 heteroatoms. The normalized spacial score (nSPS) is 12.0. The van der Waals surface area contributed by atoms with Gasteiger partial charge < -0.3 is 19.6 Å². The van der Waals surface area contributed by atoms with Crippen molar-refractivity contribution in [3.8, 4) is 17.3 Å². The number of aromatic carboxylic acids is 1. The van der Waals surface area contributed by atoms with Crippen molar-refractivity contribution in [3.05, 3.63) is 93.6 Å². The summed E-state index contributed by atoms with van der Waals surface area (Å²) in [5.74, 6) is -0.212. The number of rotatable bonds is 6. The van der Waals surface area contributed by atoms with Gasteiger partial charge in [0.2, 0.25) is 5.88 Å². The second-order valence-electron chi connectivity index (χ2n) is 8.51. The number of methoxy groups -OCH3 is 1. The summed E-state index contributed by atoms with van der Waals surface area (Å²) in [6.07, 6.45) is 0. The molecule has 1 atom stereocenters. The van der Waals surface area contributed by atoms with E-state index < -0.39 is 5.97 Å². The molecule has 0 spiro atoms. The van der Waals surface area contributed by atoms with Crippen molar-refractivity contribution in [1.29, 1.82) is 0 Å². The van der Waals surface area contributed by atoms with Gasteiger partial charge in [-0.3, -0.25) is 4.79 Å². The molecule has 0 fully saturated rings. The van der Waals surface area contributed by atoms with Crippen LogP contribution in [-0.4, -0.2) is 28.2 Å². The predicted octanol–water partition coefficient (Wildman–Crippen LogP) is 5.59. The van der Waals surface area contributed by atoms with E-state index in [1.165, 1.54) is 6.07 Å². The molecular weight excluding hydrogens is 458 g/mol. The Morgan fingerprint density at radius 1 is 1.03 bits per heavy atom. The highest BCUT2D eigenvalue weighted by atomic mass is 16.5. The average molecular weight is 482 g/mol. The molecule has 5 rings (SSSR count). The van der Waals surface area contributed by atoms with Gasteiger partial charge in [0.25, 0.3) is 0 Å². The second-order valence-corrected chi connectivity index (χ2v) is 8.51. The first-order chi connectivity index (χ1) is 17.3. The second kappa shape index (κ2) is 9.14. The maximum Gasteiger partial charge on any atom is 0.337 e. The van der Waals surface area contributed by atoms with Crippen LogP contribution in [0, 0.1) is 6.92 Å². The lowest BCUT2D eigenvalue weighted by atomic mass is 10.0. The maximum atomic E-state index is 13.1. The van der Waals surface area contributed by atoms with Gasteiger partial charge in [0.15, 0.2) is 11.2 Å². The Kier molecular flexibility index (Phi) is 5.85. The minimum Gasteiger partial charge on any atom is -0.481 e. The topological polar surface area (TPSA) is 115 Å². The number of aromatic nitrogens is 2. The Morgan fingerprint density at radius 3 is 2.56 bits per heavy atom. The Labute approximate surface area is 206 Å². The fourth-order valence-electron chi connectivity index (χ4n) is 4.23. The number of hydrogen-bond donors (Lipinski definition) is 2. The van der Waals surface area contributed by atoms with Crippen LogP contribution in [0.25, 0.3) is 33.5 Å². The number of anilines is 1. The number of nitrogens with zero attached hydrogens (tertiary/aromatic N) is 2. The molecule has 3 heterocycles. The lowest BCUT2D eigenvalue weighted by Gasteiger charge is -2.19. The van der Waals surface area contributed by atoms with E-state index in [1.807, 2.05) is 19.9 Å². The lowest BCUT2D eigenvalue weighted by molar-refractivity contribution is 0.0698. The number of fused-ring (bicyclic) bond motifs is 2. The Bertz CT molecular complexity index is 1690. The molecule has 0 aliphatic rings. The molecule has 180 valence electrons. The molecular formula is C28H23N3O5. The zero-order valence-corrected chi connectivity index (χ0v) is 19.9. The number of carboxylic acid groups (broad SMARTS) is 1. The molecule has 0 saturated carbocycles. The van der Waals surface area contributed by atoms with Gasteiger partial charge in [-0.1, -0.05) is 18.2 Å². The van der Waals surface area contributed by atoms with E-state index in [9.17, 15) is 14.7 Å². The van der Waals surface area contributed by atoms with E-state index in [2.05, 4.69) is 15.3 Å². The first-order valence-corrected chi connectivity index (χ1v) is 11.3. The van der Waals surface area contributed by atoms with E-state index in [-0.39, 0.29) is 17.0 Å². The molecule has 2 aromatic carbocycles. The predicted molar refractivity (Wildman–Crippen MR) is 138 cm³/mol. The smallest absolute Gasteiger partial charge is 0.337 e. The number of aryl methyl sites for hydroxylation is 1. The van der Waals surface area contributed by atoms with E-state index in [1.54, 1.807) is 61.7 Å². The summed E-state index contributed by atoms with van der Waals surface area (Å²) in [4.78, 5) is 33.8. The number of carbonyl (C=O) groups is 1. The van der Waals surface area contributed by atoms with Crippen molar-refractivity contribution in [2.24, 2.45) is 0 Å². The fraction of sp³-hybridized carbons (Fsp3) is 0.143. The molecule has 36 heavy (non-hydrogen) atoms. The highest BCUT2D eigenvalue weighted by molar-refractivity contribution is 5.94. The SMILES string of the molecule is COc1ccc2nc(-c3cc(=O)c4cc(C)cc(C(C)Nc5ccccc5C(=O)O)c4o3)ccc2n1. The van der Waals surface area contributed by atoms with E-state index in [0.717, 1.165) is 11.1 Å². The van der Waals surface area contributed by atoms with Crippen LogP contribution in [0.1, 0.15) is 34.5 Å². The van der Waals surface area contributed by atoms with Crippen molar-refractivity contribution >= 4 is 33.7 Å². The van der Waals surface area contributed by atoms with Gasteiger partial charge in [-0.15, -0.1) is 0 Å². The van der Waals surface area contributed by atoms with Crippen LogP contribution in [0.5, 0.6) is 5.88 Å². The molecule has 3 aromatic heterocycles. The minimum absolute atomic E-state index is 0.161. The standard InChI is InChI=1S/C28H23N3O5/c1-15-12-18(16(2)29-20-7-5-4-6-17(20)28(33)34)27-19(13-15)24(32)14-25(36-27)23-9-8-22-21(30-23)10-11-26(31-22)35-3/h4-14,16,29H,1-3H3,(H,33,34). The van der Waals surface area contributed by atoms with Gasteiger partial charge in [0.1, 0.15) is 11.3 Å². The Hall–Kier alpha value is -4.72. The van der Waals surface area contributed by atoms with Crippen molar-refractivity contribution in [1.82, 2.24) is 9.97 Å². The van der Waals surface area contributed by atoms with Crippen LogP contribution < -0.4 is 15.5 Å². The van der Waals surface area contributed by atoms with E-state index >= 15 is 0 Å². The van der Waals surface area contributed by atoms with Gasteiger partial charge in [-0.25, -0.2) is 14.8 Å². The van der Waals surface area contributed by atoms with E-state index in [0.29, 0.717) is 45.0 Å². The fourth-order valence-corrected chi connectivity index (χ4v) is 4.23. The highest BCUT2D eigenvalue weighted by Gasteiger charge is 2.19. The van der Waals surface area contributed by atoms with Crippen molar-refractivity contribution in [2.45, 2.75) is 19.9 Å². The number of pyridine rings is 2. The summed E-state index contributed by atoms with van der Waals surface area (Å²) in [7, 11) is 1.55. The summed E-state index contributed by atoms with van der Waals surface area (Å²) in [6, 6.07) is 18.6. The van der Waals surface area contributed by atoms with Gasteiger partial charge in [-0.2, -0.15) is 0 Å². The molecule has 0 radical (unpaired) electrons. The maximum absolute atomic E-state index is 13.1. The van der Waals surface area contributed by atoms with Crippen LogP contribution in [0.15, 0.2) is 75.9 Å². The molecule has 0 bridgehead atoms. The number of benzene rings is 2. The monoisotopic (exact) mass is 481 g/mol. The number of carboxylic acids is 1. The molecule has 1 unspecified atom stereocenters. The number of ether oxygens (including phenoxy) is 1. The van der Waals surface area contributed by atoms with Crippen LogP contribution in [-0.2, 0) is 0 Å². The number of para-hydroxylation sites is 1. The Morgan fingerprint density at radius 2 is 1.78 bits per heavy atom. The summed E-state index contributed by atoms with van der Waals surface area (Å²) in [5, 5.41) is 13.3. The third kappa shape index (κ3) is 4.24. The summed E-state index contributed by atoms with van der Waals surface area (Å²) >= 11 is 0. The van der Waals surface area contributed by atoms with Gasteiger partial charge in [0, 0.05) is 23.4 Å². The summed E-state index contributed by atoms with van der Waals surface area (Å²) in [5.41, 5.74) is 4.29. The van der Waals surface area contributed by atoms with Crippen LogP contribution >= 0.6 is 0 Å². The quantitative estimate of drug-likeness (QED) is 0.322. The molecule has 5 aromatic rings. The first kappa shape index (κ1) is 23.0. The van der Waals surface area contributed by atoms with Crippen molar-refractivity contribution < 1.29 is 19.1 Å². The van der Waals surface area contributed by atoms with E-state index in [4.69, 9.17) is 9.15 Å². The number of nitrogens with one attached hydrogen (secondary N) is 1. The molecule has 0 saturated heterocycles. The zero-order chi connectivity index (χ0) is 25.4. The molecule has 2 N–H and O–H groups in total. The summed E-state index contributed by atoms with van der Waals surface area (Å²) in [6.45, 7) is 3.80. The molecule has 0 aliphatic carbocycles. The lowest BCUT2D eigenvalue weighted by Crippen LogP contribution is -2.12. The summed E-state index contributed by atoms with van der Waals surface area (Å²) < 4.78 is 11.5. The van der Waals surface area contributed by atoms with Crippen LogP contribution in [0.2, 0.25) is 0 Å². The molecule has 0 aliphatic heterocycles. The minimum atomic E-state index is -1.03. The molecule has 8 nitrogen and oxygen atoms in total. The van der Waals surface area contributed by atoms with Crippen LogP contribution in [0.3, 0.4) is 0 Å². The van der Waals surface area contributed by atoms with Gasteiger partial charge in [0.05, 0.1) is 35.1 Å². The van der Waals surface area contributed by atoms with Gasteiger partial charge in [-0.05, 0) is 55.8 Å². The first-order valence-electron chi connectivity index (χ1n) is 11.3. The van der Waals surface area contributed by atoms with Crippen molar-refractivity contribution in [3.63, 3.8) is 0 Å². The highest BCUT2D eigenvalue weighted by Crippen LogP contribution is 2.31. The zero-order valence-electron chi connectivity index (χ0n) is 19.9. The van der Waals surface area contributed by atoms with Crippen LogP contribution in [0.4, 0.5) is 5.69 Å². The Balaban J connectivity index is 1.62. The number of hydrogen-bond acceptors (Lipinski definition) is 7. The third-order valence-electron chi connectivity index (χ3n) is 5.98. The molecule has 0 amide bonds. The largest absolute Gasteiger partial charge is 0.481 e. The third-order valence-corrected chi connectivity index (χ3v) is 5.98. The van der Waals surface area contributed by atoms with Gasteiger partial charge >= 0.3 is 5.97 Å². The average Bonchev–Trinajstić information content (AvgIpc) is 2.88. The van der Waals surface area contributed by atoms with Crippen molar-refractivity contribution in [2.75, 3.05) is 12.4 Å².